The van der Waals surface area contributed by atoms with Crippen LogP contribution in [-0.2, 0) is 0 Å². The van der Waals surface area contributed by atoms with Crippen LogP contribution in [0.25, 0.3) is 5.65 Å². The average Bonchev–Trinajstić information content (AvgIpc) is 2.78. The van der Waals surface area contributed by atoms with Crippen LogP contribution >= 0.6 is 11.6 Å². The Kier molecular flexibility index (Phi) is 3.54. The topological polar surface area (TPSA) is 46.4 Å². The lowest BCUT2D eigenvalue weighted by Crippen LogP contribution is -2.15. The number of aryl methyl sites for hydroxylation is 1. The quantitative estimate of drug-likeness (QED) is 0.780. The van der Waals surface area contributed by atoms with Gasteiger partial charge in [0.25, 0.3) is 5.91 Å². The third-order valence-electron chi connectivity index (χ3n) is 3.15. The Bertz CT molecular complexity index is 892. The van der Waals surface area contributed by atoms with Gasteiger partial charge in [0, 0.05) is 18.0 Å². The van der Waals surface area contributed by atoms with Gasteiger partial charge in [0.1, 0.15) is 11.3 Å². The molecule has 3 rings (SSSR count). The van der Waals surface area contributed by atoms with Crippen LogP contribution in [0.15, 0.2) is 36.5 Å². The second kappa shape index (κ2) is 5.38. The molecule has 22 heavy (non-hydrogen) atoms. The molecule has 0 aliphatic carbocycles. The zero-order valence-electron chi connectivity index (χ0n) is 11.4. The van der Waals surface area contributed by atoms with Gasteiger partial charge in [0.15, 0.2) is 11.6 Å². The summed E-state index contributed by atoms with van der Waals surface area (Å²) in [6, 6.07) is 6.49. The molecule has 0 radical (unpaired) electrons. The summed E-state index contributed by atoms with van der Waals surface area (Å²) in [7, 11) is 0. The van der Waals surface area contributed by atoms with E-state index < -0.39 is 17.5 Å². The minimum atomic E-state index is -1.03. The summed E-state index contributed by atoms with van der Waals surface area (Å²) in [6.45, 7) is 1.68. The number of amides is 1. The van der Waals surface area contributed by atoms with E-state index in [2.05, 4.69) is 10.3 Å². The van der Waals surface area contributed by atoms with Gasteiger partial charge in [0.05, 0.1) is 10.7 Å². The Morgan fingerprint density at radius 2 is 2.00 bits per heavy atom. The van der Waals surface area contributed by atoms with Crippen LogP contribution in [-0.4, -0.2) is 15.3 Å². The standard InChI is InChI=1S/C15H10ClF2N3O/c1-8-14(21-7-9(16)2-5-13(21)19-8)15(22)20-10-3-4-11(17)12(18)6-10/h2-7H,1H3,(H,20,22). The highest BCUT2D eigenvalue weighted by molar-refractivity contribution is 6.30. The molecule has 0 spiro atoms. The number of carbonyl (C=O) groups excluding carboxylic acids is 1. The van der Waals surface area contributed by atoms with E-state index in [1.807, 2.05) is 0 Å². The van der Waals surface area contributed by atoms with Crippen molar-refractivity contribution >= 4 is 28.8 Å². The van der Waals surface area contributed by atoms with Crippen molar-refractivity contribution in [1.82, 2.24) is 9.38 Å². The lowest BCUT2D eigenvalue weighted by Gasteiger charge is -2.06. The van der Waals surface area contributed by atoms with E-state index in [1.165, 1.54) is 6.07 Å². The first kappa shape index (κ1) is 14.5. The molecule has 1 amide bonds. The molecule has 3 aromatic rings. The smallest absolute Gasteiger partial charge is 0.274 e. The fourth-order valence-electron chi connectivity index (χ4n) is 2.17. The predicted octanol–water partition coefficient (Wildman–Crippen LogP) is 3.83. The molecule has 0 aliphatic heterocycles. The lowest BCUT2D eigenvalue weighted by atomic mass is 10.2. The van der Waals surface area contributed by atoms with E-state index >= 15 is 0 Å². The highest BCUT2D eigenvalue weighted by Gasteiger charge is 2.17. The van der Waals surface area contributed by atoms with Gasteiger partial charge in [-0.15, -0.1) is 0 Å². The zero-order chi connectivity index (χ0) is 15.9. The second-order valence-corrected chi connectivity index (χ2v) is 5.14. The van der Waals surface area contributed by atoms with Crippen molar-refractivity contribution in [2.45, 2.75) is 6.92 Å². The number of fused-ring (bicyclic) bond motifs is 1. The highest BCUT2D eigenvalue weighted by atomic mass is 35.5. The number of hydrogen-bond acceptors (Lipinski definition) is 2. The third kappa shape index (κ3) is 2.53. The van der Waals surface area contributed by atoms with Crippen LogP contribution in [0.4, 0.5) is 14.5 Å². The van der Waals surface area contributed by atoms with Crippen LogP contribution < -0.4 is 5.32 Å². The molecule has 0 aliphatic rings. The van der Waals surface area contributed by atoms with Gasteiger partial charge < -0.3 is 5.32 Å². The van der Waals surface area contributed by atoms with E-state index in [9.17, 15) is 13.6 Å². The van der Waals surface area contributed by atoms with Crippen LogP contribution in [0.3, 0.4) is 0 Å². The number of hydrogen-bond donors (Lipinski definition) is 1. The van der Waals surface area contributed by atoms with Crippen molar-refractivity contribution in [3.63, 3.8) is 0 Å². The van der Waals surface area contributed by atoms with Gasteiger partial charge in [-0.3, -0.25) is 9.20 Å². The molecule has 0 bridgehead atoms. The Balaban J connectivity index is 2.00. The number of rotatable bonds is 2. The van der Waals surface area contributed by atoms with Gasteiger partial charge in [-0.05, 0) is 31.2 Å². The van der Waals surface area contributed by atoms with Crippen molar-refractivity contribution in [2.75, 3.05) is 5.32 Å². The molecule has 4 nitrogen and oxygen atoms in total. The number of nitrogens with zero attached hydrogens (tertiary/aromatic N) is 2. The number of benzene rings is 1. The number of carbonyl (C=O) groups is 1. The lowest BCUT2D eigenvalue weighted by molar-refractivity contribution is 0.102. The minimum Gasteiger partial charge on any atom is -0.321 e. The van der Waals surface area contributed by atoms with Crippen molar-refractivity contribution in [3.05, 3.63) is 64.6 Å². The molecule has 1 N–H and O–H groups in total. The van der Waals surface area contributed by atoms with E-state index in [4.69, 9.17) is 11.6 Å². The Morgan fingerprint density at radius 1 is 1.23 bits per heavy atom. The molecule has 0 saturated carbocycles. The van der Waals surface area contributed by atoms with E-state index in [-0.39, 0.29) is 11.4 Å². The molecular weight excluding hydrogens is 312 g/mol. The fourth-order valence-corrected chi connectivity index (χ4v) is 2.33. The summed E-state index contributed by atoms with van der Waals surface area (Å²) in [5.74, 6) is -2.50. The molecule has 0 fully saturated rings. The minimum absolute atomic E-state index is 0.153. The molecular formula is C15H10ClF2N3O. The first-order valence-electron chi connectivity index (χ1n) is 6.36. The Morgan fingerprint density at radius 3 is 2.73 bits per heavy atom. The number of halogens is 3. The maximum atomic E-state index is 13.2. The van der Waals surface area contributed by atoms with Gasteiger partial charge >= 0.3 is 0 Å². The van der Waals surface area contributed by atoms with E-state index in [0.717, 1.165) is 12.1 Å². The molecule has 2 heterocycles. The summed E-state index contributed by atoms with van der Waals surface area (Å²) in [4.78, 5) is 16.6. The summed E-state index contributed by atoms with van der Waals surface area (Å²) >= 11 is 5.93. The second-order valence-electron chi connectivity index (χ2n) is 4.70. The molecule has 2 aromatic heterocycles. The maximum absolute atomic E-state index is 13.2. The molecule has 1 aromatic carbocycles. The summed E-state index contributed by atoms with van der Waals surface area (Å²) < 4.78 is 27.7. The van der Waals surface area contributed by atoms with Gasteiger partial charge in [-0.25, -0.2) is 13.8 Å². The average molecular weight is 322 g/mol. The van der Waals surface area contributed by atoms with E-state index in [0.29, 0.717) is 16.4 Å². The number of aromatic nitrogens is 2. The molecule has 7 heteroatoms. The summed E-state index contributed by atoms with van der Waals surface area (Å²) in [5, 5.41) is 2.97. The molecule has 0 saturated heterocycles. The van der Waals surface area contributed by atoms with Gasteiger partial charge in [-0.2, -0.15) is 0 Å². The van der Waals surface area contributed by atoms with Crippen molar-refractivity contribution < 1.29 is 13.6 Å². The molecule has 0 atom stereocenters. The highest BCUT2D eigenvalue weighted by Crippen LogP contribution is 2.19. The predicted molar refractivity (Wildman–Crippen MR) is 79.3 cm³/mol. The molecule has 0 unspecified atom stereocenters. The zero-order valence-corrected chi connectivity index (χ0v) is 12.2. The Labute approximate surface area is 129 Å². The number of anilines is 1. The number of imidazole rings is 1. The number of pyridine rings is 1. The van der Waals surface area contributed by atoms with Crippen molar-refractivity contribution in [3.8, 4) is 0 Å². The Hall–Kier alpha value is -2.47. The molecule has 112 valence electrons. The van der Waals surface area contributed by atoms with Crippen LogP contribution in [0.1, 0.15) is 16.2 Å². The van der Waals surface area contributed by atoms with Gasteiger partial charge in [-0.1, -0.05) is 11.6 Å². The van der Waals surface area contributed by atoms with Crippen LogP contribution in [0, 0.1) is 18.6 Å². The number of nitrogens with one attached hydrogen (secondary N) is 1. The first-order chi connectivity index (χ1) is 10.5. The van der Waals surface area contributed by atoms with Gasteiger partial charge in [0.2, 0.25) is 0 Å². The van der Waals surface area contributed by atoms with Crippen molar-refractivity contribution in [1.29, 1.82) is 0 Å². The summed E-state index contributed by atoms with van der Waals surface area (Å²) in [5.41, 5.74) is 1.50. The van der Waals surface area contributed by atoms with E-state index in [1.54, 1.807) is 29.7 Å². The fraction of sp³-hybridized carbons (Fsp3) is 0.0667. The SMILES string of the molecule is Cc1nc2ccc(Cl)cn2c1C(=O)Nc1ccc(F)c(F)c1. The normalized spacial score (nSPS) is 10.9. The maximum Gasteiger partial charge on any atom is 0.274 e. The third-order valence-corrected chi connectivity index (χ3v) is 3.37. The first-order valence-corrected chi connectivity index (χ1v) is 6.74. The van der Waals surface area contributed by atoms with Crippen molar-refractivity contribution in [2.24, 2.45) is 0 Å². The summed E-state index contributed by atoms with van der Waals surface area (Å²) in [6.07, 6.45) is 1.57. The van der Waals surface area contributed by atoms with Crippen LogP contribution in [0.2, 0.25) is 5.02 Å². The van der Waals surface area contributed by atoms with Crippen LogP contribution in [0.5, 0.6) is 0 Å². The largest absolute Gasteiger partial charge is 0.321 e. The monoisotopic (exact) mass is 321 g/mol.